The number of fused-ring (bicyclic) bond motifs is 2. The molecule has 0 saturated heterocycles. The predicted octanol–water partition coefficient (Wildman–Crippen LogP) is 5.64. The van der Waals surface area contributed by atoms with E-state index in [1.54, 1.807) is 17.7 Å². The Morgan fingerprint density at radius 2 is 1.86 bits per heavy atom. The molecule has 0 bridgehead atoms. The molecule has 0 atom stereocenters. The molecule has 0 unspecified atom stereocenters. The highest BCUT2D eigenvalue weighted by molar-refractivity contribution is 7.16. The summed E-state index contributed by atoms with van der Waals surface area (Å²) in [6.07, 6.45) is 9.98. The second-order valence-electron chi connectivity index (χ2n) is 9.67. The highest BCUT2D eigenvalue weighted by atomic mass is 32.1. The van der Waals surface area contributed by atoms with Gasteiger partial charge in [-0.25, -0.2) is 15.0 Å². The molecular weight excluding hydrogens is 470 g/mol. The van der Waals surface area contributed by atoms with Gasteiger partial charge in [0.25, 0.3) is 0 Å². The van der Waals surface area contributed by atoms with Gasteiger partial charge in [0, 0.05) is 30.5 Å². The molecule has 3 heterocycles. The lowest BCUT2D eigenvalue weighted by Gasteiger charge is -2.33. The summed E-state index contributed by atoms with van der Waals surface area (Å²) in [6.45, 7) is 0. The van der Waals surface area contributed by atoms with Crippen molar-refractivity contribution in [2.75, 3.05) is 19.4 Å². The molecule has 0 radical (unpaired) electrons. The molecule has 1 saturated carbocycles. The Labute approximate surface area is 214 Å². The van der Waals surface area contributed by atoms with Crippen LogP contribution < -0.4 is 10.1 Å². The number of benzene rings is 2. The predicted molar refractivity (Wildman–Crippen MR) is 145 cm³/mol. The minimum Gasteiger partial charge on any atom is -0.490 e. The Kier molecular flexibility index (Phi) is 6.02. The van der Waals surface area contributed by atoms with E-state index in [0.29, 0.717) is 6.04 Å². The van der Waals surface area contributed by atoms with Crippen LogP contribution in [0.1, 0.15) is 25.7 Å². The van der Waals surface area contributed by atoms with Crippen LogP contribution in [0.25, 0.3) is 32.2 Å². The fourth-order valence-corrected chi connectivity index (χ4v) is 5.72. The topological polar surface area (TPSA) is 81.0 Å². The van der Waals surface area contributed by atoms with Crippen molar-refractivity contribution in [2.24, 2.45) is 7.05 Å². The van der Waals surface area contributed by atoms with E-state index in [1.165, 1.54) is 0 Å². The third-order valence-corrected chi connectivity index (χ3v) is 7.79. The molecule has 1 fully saturated rings. The van der Waals surface area contributed by atoms with Crippen LogP contribution in [0.4, 0.5) is 11.5 Å². The van der Waals surface area contributed by atoms with Crippen LogP contribution >= 0.6 is 11.3 Å². The number of hydrogen-bond donors (Lipinski definition) is 1. The average molecular weight is 500 g/mol. The zero-order chi connectivity index (χ0) is 24.6. The first-order chi connectivity index (χ1) is 17.5. The van der Waals surface area contributed by atoms with Gasteiger partial charge in [-0.15, -0.1) is 11.3 Å². The van der Waals surface area contributed by atoms with Crippen LogP contribution in [0, 0.1) is 0 Å². The van der Waals surface area contributed by atoms with Crippen molar-refractivity contribution in [3.8, 4) is 16.9 Å². The maximum atomic E-state index is 6.73. The number of anilines is 2. The van der Waals surface area contributed by atoms with Crippen LogP contribution in [-0.4, -0.2) is 55.9 Å². The second-order valence-corrected chi connectivity index (χ2v) is 10.6. The molecule has 0 amide bonds. The van der Waals surface area contributed by atoms with E-state index in [4.69, 9.17) is 4.74 Å². The Hall–Kier alpha value is -3.56. The van der Waals surface area contributed by atoms with E-state index in [1.807, 2.05) is 41.8 Å². The van der Waals surface area contributed by atoms with E-state index in [0.717, 1.165) is 75.2 Å². The SMILES string of the molecule is CN(C)C1CCC(Oc2cc(-c3cnn(C)c3)cc3ncnc(Nc4ccc5ncsc5c4)c23)CC1. The molecule has 0 aliphatic heterocycles. The number of thiazole rings is 1. The first-order valence-electron chi connectivity index (χ1n) is 12.2. The highest BCUT2D eigenvalue weighted by Gasteiger charge is 2.25. The zero-order valence-corrected chi connectivity index (χ0v) is 21.5. The van der Waals surface area contributed by atoms with Crippen molar-refractivity contribution in [3.05, 3.63) is 54.6 Å². The normalized spacial score (nSPS) is 18.2. The van der Waals surface area contributed by atoms with Gasteiger partial charge in [0.05, 0.1) is 38.9 Å². The van der Waals surface area contributed by atoms with Gasteiger partial charge in [-0.2, -0.15) is 5.10 Å². The van der Waals surface area contributed by atoms with Gasteiger partial charge in [-0.3, -0.25) is 4.68 Å². The zero-order valence-electron chi connectivity index (χ0n) is 20.7. The Balaban J connectivity index is 1.40. The molecule has 6 rings (SSSR count). The number of hydrogen-bond acceptors (Lipinski definition) is 8. The lowest BCUT2D eigenvalue weighted by Crippen LogP contribution is -2.35. The molecule has 36 heavy (non-hydrogen) atoms. The smallest absolute Gasteiger partial charge is 0.145 e. The summed E-state index contributed by atoms with van der Waals surface area (Å²) >= 11 is 1.63. The number of aromatic nitrogens is 5. The Morgan fingerprint density at radius 3 is 2.64 bits per heavy atom. The minimum absolute atomic E-state index is 0.162. The Bertz CT molecular complexity index is 1520. The summed E-state index contributed by atoms with van der Waals surface area (Å²) in [5.41, 5.74) is 6.72. The molecule has 3 aromatic heterocycles. The number of nitrogens with zero attached hydrogens (tertiary/aromatic N) is 6. The average Bonchev–Trinajstić information content (AvgIpc) is 3.53. The van der Waals surface area contributed by atoms with Crippen molar-refractivity contribution in [1.82, 2.24) is 29.6 Å². The van der Waals surface area contributed by atoms with Crippen molar-refractivity contribution >= 4 is 44.0 Å². The fraction of sp³-hybridized carbons (Fsp3) is 0.333. The number of rotatable bonds is 6. The van der Waals surface area contributed by atoms with Crippen molar-refractivity contribution in [2.45, 2.75) is 37.8 Å². The van der Waals surface area contributed by atoms with Crippen LogP contribution in [0.15, 0.2) is 54.6 Å². The van der Waals surface area contributed by atoms with Gasteiger partial charge in [0.15, 0.2) is 0 Å². The lowest BCUT2D eigenvalue weighted by molar-refractivity contribution is 0.112. The third-order valence-electron chi connectivity index (χ3n) is 7.00. The van der Waals surface area contributed by atoms with Gasteiger partial charge in [-0.05, 0) is 75.7 Å². The van der Waals surface area contributed by atoms with Gasteiger partial charge < -0.3 is 15.0 Å². The molecule has 8 nitrogen and oxygen atoms in total. The van der Waals surface area contributed by atoms with Crippen LogP contribution in [0.3, 0.4) is 0 Å². The van der Waals surface area contributed by atoms with E-state index >= 15 is 0 Å². The highest BCUT2D eigenvalue weighted by Crippen LogP contribution is 2.38. The molecule has 2 aromatic carbocycles. The quantitative estimate of drug-likeness (QED) is 0.324. The summed E-state index contributed by atoms with van der Waals surface area (Å²) < 4.78 is 9.67. The maximum Gasteiger partial charge on any atom is 0.145 e. The van der Waals surface area contributed by atoms with Gasteiger partial charge in [0.2, 0.25) is 0 Å². The first kappa shape index (κ1) is 22.9. The first-order valence-corrected chi connectivity index (χ1v) is 13.1. The summed E-state index contributed by atoms with van der Waals surface area (Å²) in [5, 5.41) is 8.77. The van der Waals surface area contributed by atoms with Crippen molar-refractivity contribution < 1.29 is 4.74 Å². The molecule has 184 valence electrons. The van der Waals surface area contributed by atoms with Crippen LogP contribution in [0.5, 0.6) is 5.75 Å². The number of aryl methyl sites for hydroxylation is 1. The van der Waals surface area contributed by atoms with Crippen LogP contribution in [0.2, 0.25) is 0 Å². The van der Waals surface area contributed by atoms with Crippen molar-refractivity contribution in [1.29, 1.82) is 0 Å². The van der Waals surface area contributed by atoms with E-state index in [2.05, 4.69) is 62.6 Å². The molecule has 1 N–H and O–H groups in total. The molecule has 1 aliphatic carbocycles. The van der Waals surface area contributed by atoms with Crippen molar-refractivity contribution in [3.63, 3.8) is 0 Å². The molecular formula is C27H29N7OS. The fourth-order valence-electron chi connectivity index (χ4n) is 5.01. The van der Waals surface area contributed by atoms with Gasteiger partial charge >= 0.3 is 0 Å². The molecule has 1 aliphatic rings. The third kappa shape index (κ3) is 4.52. The second kappa shape index (κ2) is 9.48. The summed E-state index contributed by atoms with van der Waals surface area (Å²) in [6, 6.07) is 11.0. The monoisotopic (exact) mass is 499 g/mol. The number of ether oxygens (including phenoxy) is 1. The van der Waals surface area contributed by atoms with Gasteiger partial charge in [-0.1, -0.05) is 0 Å². The molecule has 9 heteroatoms. The summed E-state index contributed by atoms with van der Waals surface area (Å²) in [7, 11) is 6.25. The maximum absolute atomic E-state index is 6.73. The molecule has 5 aromatic rings. The molecule has 0 spiro atoms. The van der Waals surface area contributed by atoms with Crippen LogP contribution in [-0.2, 0) is 7.05 Å². The van der Waals surface area contributed by atoms with E-state index < -0.39 is 0 Å². The summed E-state index contributed by atoms with van der Waals surface area (Å²) in [5.74, 6) is 1.54. The summed E-state index contributed by atoms with van der Waals surface area (Å²) in [4.78, 5) is 16.0. The van der Waals surface area contributed by atoms with E-state index in [9.17, 15) is 0 Å². The largest absolute Gasteiger partial charge is 0.490 e. The van der Waals surface area contributed by atoms with Gasteiger partial charge in [0.1, 0.15) is 17.9 Å². The minimum atomic E-state index is 0.162. The van der Waals surface area contributed by atoms with E-state index in [-0.39, 0.29) is 6.10 Å². The standard InChI is InChI=1S/C27H29N7OS/c1-33(2)20-5-7-21(8-6-20)35-24-11-17(18-13-31-34(3)14-18)10-23-26(24)27(29-15-28-23)32-19-4-9-22-25(12-19)36-16-30-22/h4,9-16,20-21H,5-8H2,1-3H3,(H,28,29,32). The lowest BCUT2D eigenvalue weighted by atomic mass is 9.92. The number of nitrogens with one attached hydrogen (secondary N) is 1. The Morgan fingerprint density at radius 1 is 1.00 bits per heavy atom.